The van der Waals surface area contributed by atoms with Crippen LogP contribution in [-0.4, -0.2) is 59.9 Å². The van der Waals surface area contributed by atoms with Crippen LogP contribution >= 0.6 is 0 Å². The smallest absolute Gasteiger partial charge is 0.337 e. The van der Waals surface area contributed by atoms with Crippen LogP contribution in [0.15, 0.2) is 24.3 Å². The molecule has 1 saturated heterocycles. The van der Waals surface area contributed by atoms with Gasteiger partial charge in [0.05, 0.1) is 12.7 Å². The fraction of sp³-hybridized carbons (Fsp3) is 0.474. The zero-order valence-corrected chi connectivity index (χ0v) is 15.5. The van der Waals surface area contributed by atoms with E-state index in [0.717, 1.165) is 24.2 Å². The van der Waals surface area contributed by atoms with Gasteiger partial charge in [-0.05, 0) is 37.1 Å². The van der Waals surface area contributed by atoms with Gasteiger partial charge in [-0.2, -0.15) is 0 Å². The molecule has 0 atom stereocenters. The van der Waals surface area contributed by atoms with Gasteiger partial charge in [0, 0.05) is 12.7 Å². The van der Waals surface area contributed by atoms with Crippen LogP contribution in [0.25, 0.3) is 0 Å². The van der Waals surface area contributed by atoms with Crippen molar-refractivity contribution in [2.24, 2.45) is 0 Å². The number of hydrogen-bond donors (Lipinski definition) is 1. The lowest BCUT2D eigenvalue weighted by Crippen LogP contribution is -2.49. The molecule has 2 fully saturated rings. The third-order valence-corrected chi connectivity index (χ3v) is 5.38. The average molecular weight is 373 g/mol. The summed E-state index contributed by atoms with van der Waals surface area (Å²) in [5.41, 5.74) is 0.0337. The Morgan fingerprint density at radius 3 is 2.33 bits per heavy atom. The van der Waals surface area contributed by atoms with Crippen LogP contribution in [0.3, 0.4) is 0 Å². The molecule has 1 aliphatic carbocycles. The number of ether oxygens (including phenoxy) is 1. The second-order valence-corrected chi connectivity index (χ2v) is 6.94. The highest BCUT2D eigenvalue weighted by Gasteiger charge is 2.55. The van der Waals surface area contributed by atoms with Crippen molar-refractivity contribution < 1.29 is 23.9 Å². The monoisotopic (exact) mass is 373 g/mol. The number of carbonyl (C=O) groups is 4. The predicted octanol–water partition coefficient (Wildman–Crippen LogP) is 2.01. The molecule has 144 valence electrons. The van der Waals surface area contributed by atoms with Crippen molar-refractivity contribution in [3.63, 3.8) is 0 Å². The molecule has 2 aliphatic rings. The van der Waals surface area contributed by atoms with E-state index in [4.69, 9.17) is 0 Å². The first-order chi connectivity index (χ1) is 12.9. The Bertz CT molecular complexity index is 768. The van der Waals surface area contributed by atoms with Crippen molar-refractivity contribution in [1.82, 2.24) is 9.80 Å². The Kier molecular flexibility index (Phi) is 5.16. The summed E-state index contributed by atoms with van der Waals surface area (Å²) >= 11 is 0. The number of hydrogen-bond acceptors (Lipinski definition) is 5. The van der Waals surface area contributed by atoms with Crippen LogP contribution in [0.4, 0.5) is 10.5 Å². The summed E-state index contributed by atoms with van der Waals surface area (Å²) in [6.07, 6.45) is 4.13. The molecule has 1 spiro atoms. The van der Waals surface area contributed by atoms with Crippen LogP contribution in [0, 0.1) is 0 Å². The van der Waals surface area contributed by atoms with E-state index in [0.29, 0.717) is 24.1 Å². The number of likely N-dealkylation sites (N-methyl/N-ethyl adjacent to an activating group) is 1. The van der Waals surface area contributed by atoms with E-state index >= 15 is 0 Å². The molecule has 8 nitrogen and oxygen atoms in total. The number of benzene rings is 1. The first-order valence-corrected chi connectivity index (χ1v) is 8.97. The minimum atomic E-state index is -0.794. The molecule has 1 N–H and O–H groups in total. The lowest BCUT2D eigenvalue weighted by atomic mass is 9.81. The van der Waals surface area contributed by atoms with Gasteiger partial charge >= 0.3 is 12.0 Å². The van der Waals surface area contributed by atoms with Gasteiger partial charge < -0.3 is 15.0 Å². The number of rotatable bonds is 4. The van der Waals surface area contributed by atoms with Crippen molar-refractivity contribution in [3.8, 4) is 0 Å². The summed E-state index contributed by atoms with van der Waals surface area (Å²) in [6, 6.07) is 5.74. The molecule has 0 aromatic heterocycles. The van der Waals surface area contributed by atoms with E-state index in [-0.39, 0.29) is 12.5 Å². The standard InChI is InChI=1S/C19H23N3O5/c1-21-18(26)22(17(25)19(21)10-4-3-5-11-19)12-15(23)20-14-8-6-13(7-9-14)16(24)27-2/h6-9H,3-5,10-12H2,1-2H3,(H,20,23). The largest absolute Gasteiger partial charge is 0.465 e. The molecule has 0 radical (unpaired) electrons. The molecule has 4 amide bonds. The molecule has 1 aliphatic heterocycles. The van der Waals surface area contributed by atoms with Crippen LogP contribution < -0.4 is 5.32 Å². The van der Waals surface area contributed by atoms with Gasteiger partial charge in [0.15, 0.2) is 0 Å². The van der Waals surface area contributed by atoms with E-state index in [2.05, 4.69) is 10.1 Å². The second-order valence-electron chi connectivity index (χ2n) is 6.94. The molecule has 8 heteroatoms. The maximum atomic E-state index is 12.9. The third-order valence-electron chi connectivity index (χ3n) is 5.38. The summed E-state index contributed by atoms with van der Waals surface area (Å²) in [6.45, 7) is -0.331. The minimum absolute atomic E-state index is 0.286. The molecule has 0 bridgehead atoms. The van der Waals surface area contributed by atoms with Crippen molar-refractivity contribution in [1.29, 1.82) is 0 Å². The number of esters is 1. The van der Waals surface area contributed by atoms with Crippen molar-refractivity contribution >= 4 is 29.5 Å². The zero-order chi connectivity index (χ0) is 19.6. The van der Waals surface area contributed by atoms with E-state index in [1.165, 1.54) is 24.1 Å². The lowest BCUT2D eigenvalue weighted by Gasteiger charge is -2.35. The molecule has 1 aromatic carbocycles. The van der Waals surface area contributed by atoms with Gasteiger partial charge in [0.25, 0.3) is 5.91 Å². The Balaban J connectivity index is 1.66. The fourth-order valence-corrected chi connectivity index (χ4v) is 3.82. The SMILES string of the molecule is COC(=O)c1ccc(NC(=O)CN2C(=O)N(C)C3(CCCCC3)C2=O)cc1. The number of anilines is 1. The maximum absolute atomic E-state index is 12.9. The van der Waals surface area contributed by atoms with Gasteiger partial charge in [0.2, 0.25) is 5.91 Å². The second kappa shape index (κ2) is 7.38. The molecular formula is C19H23N3O5. The lowest BCUT2D eigenvalue weighted by molar-refractivity contribution is -0.136. The Hall–Kier alpha value is -2.90. The molecule has 27 heavy (non-hydrogen) atoms. The fourth-order valence-electron chi connectivity index (χ4n) is 3.82. The average Bonchev–Trinajstić information content (AvgIpc) is 2.85. The van der Waals surface area contributed by atoms with E-state index in [1.54, 1.807) is 19.2 Å². The topological polar surface area (TPSA) is 96.0 Å². The highest BCUT2D eigenvalue weighted by molar-refractivity contribution is 6.10. The molecular weight excluding hydrogens is 350 g/mol. The van der Waals surface area contributed by atoms with Gasteiger partial charge in [0.1, 0.15) is 12.1 Å². The summed E-state index contributed by atoms with van der Waals surface area (Å²) < 4.78 is 4.62. The van der Waals surface area contributed by atoms with Crippen LogP contribution in [0.5, 0.6) is 0 Å². The number of carbonyl (C=O) groups excluding carboxylic acids is 4. The van der Waals surface area contributed by atoms with E-state index in [1.807, 2.05) is 0 Å². The molecule has 0 unspecified atom stereocenters. The third kappa shape index (κ3) is 3.39. The predicted molar refractivity (Wildman–Crippen MR) is 97.1 cm³/mol. The summed E-state index contributed by atoms with van der Waals surface area (Å²) in [4.78, 5) is 51.7. The zero-order valence-electron chi connectivity index (χ0n) is 15.5. The van der Waals surface area contributed by atoms with Crippen LogP contribution in [-0.2, 0) is 14.3 Å². The molecule has 3 rings (SSSR count). The number of imide groups is 1. The first kappa shape index (κ1) is 18.9. The normalized spacial score (nSPS) is 18.7. The van der Waals surface area contributed by atoms with Crippen LogP contribution in [0.1, 0.15) is 42.5 Å². The highest BCUT2D eigenvalue weighted by atomic mass is 16.5. The Morgan fingerprint density at radius 2 is 1.74 bits per heavy atom. The number of nitrogens with one attached hydrogen (secondary N) is 1. The Labute approximate surface area is 157 Å². The highest BCUT2D eigenvalue weighted by Crippen LogP contribution is 2.39. The number of amides is 4. The first-order valence-electron chi connectivity index (χ1n) is 8.97. The van der Waals surface area contributed by atoms with Gasteiger partial charge in [-0.1, -0.05) is 19.3 Å². The summed E-state index contributed by atoms with van der Waals surface area (Å²) in [7, 11) is 2.92. The van der Waals surface area contributed by atoms with E-state index in [9.17, 15) is 19.2 Å². The van der Waals surface area contributed by atoms with Gasteiger partial charge in [-0.3, -0.25) is 14.5 Å². The summed E-state index contributed by atoms with van der Waals surface area (Å²) in [5.74, 6) is -1.23. The molecule has 1 saturated carbocycles. The number of urea groups is 1. The Morgan fingerprint density at radius 1 is 1.11 bits per heavy atom. The molecule has 1 heterocycles. The van der Waals surface area contributed by atoms with Gasteiger partial charge in [-0.25, -0.2) is 9.59 Å². The maximum Gasteiger partial charge on any atom is 0.337 e. The van der Waals surface area contributed by atoms with E-state index < -0.39 is 23.4 Å². The van der Waals surface area contributed by atoms with Crippen molar-refractivity contribution in [2.75, 3.05) is 26.0 Å². The molecule has 1 aromatic rings. The number of methoxy groups -OCH3 is 1. The number of nitrogens with zero attached hydrogens (tertiary/aromatic N) is 2. The van der Waals surface area contributed by atoms with Crippen molar-refractivity contribution in [3.05, 3.63) is 29.8 Å². The van der Waals surface area contributed by atoms with Crippen molar-refractivity contribution in [2.45, 2.75) is 37.6 Å². The quantitative estimate of drug-likeness (QED) is 0.643. The van der Waals surface area contributed by atoms with Gasteiger partial charge in [-0.15, -0.1) is 0 Å². The van der Waals surface area contributed by atoms with Crippen LogP contribution in [0.2, 0.25) is 0 Å². The minimum Gasteiger partial charge on any atom is -0.465 e. The summed E-state index contributed by atoms with van der Waals surface area (Å²) in [5, 5.41) is 2.64.